The molecule has 9 heavy (non-hydrogen) atoms. The molecule has 1 aliphatic rings. The molecule has 0 saturated carbocycles. The molecule has 4 heteroatoms. The highest BCUT2D eigenvalue weighted by atomic mass is 79.9. The Kier molecular flexibility index (Phi) is 1.66. The molecule has 0 atom stereocenters. The minimum Gasteiger partial charge on any atom is -0.322 e. The van der Waals surface area contributed by atoms with Crippen LogP contribution >= 0.6 is 15.9 Å². The number of carbonyl (C=O) groups excluding carboxylic acids is 2. The normalized spacial score (nSPS) is 18.1. The molecule has 0 aromatic rings. The van der Waals surface area contributed by atoms with Gasteiger partial charge in [0.25, 0.3) is 0 Å². The number of halogens is 1. The van der Waals surface area contributed by atoms with Crippen LogP contribution in [0.1, 0.15) is 6.42 Å². The number of amides is 1. The molecule has 0 spiro atoms. The van der Waals surface area contributed by atoms with E-state index >= 15 is 0 Å². The van der Waals surface area contributed by atoms with Crippen molar-refractivity contribution in [1.82, 2.24) is 5.32 Å². The van der Waals surface area contributed by atoms with Crippen LogP contribution in [0.25, 0.3) is 0 Å². The minimum atomic E-state index is -0.135. The maximum Gasteiger partial charge on any atom is 0.229 e. The van der Waals surface area contributed by atoms with Gasteiger partial charge in [-0.3, -0.25) is 9.59 Å². The summed E-state index contributed by atoms with van der Waals surface area (Å²) in [6.45, 7) is 0. The first kappa shape index (κ1) is 6.48. The summed E-state index contributed by atoms with van der Waals surface area (Å²) in [4.78, 5) is 20.5. The summed E-state index contributed by atoms with van der Waals surface area (Å²) in [6, 6.07) is 0. The highest BCUT2D eigenvalue weighted by Gasteiger charge is 2.17. The van der Waals surface area contributed by atoms with E-state index in [0.29, 0.717) is 16.5 Å². The Balaban J connectivity index is 2.80. The zero-order valence-corrected chi connectivity index (χ0v) is 6.06. The molecule has 0 unspecified atom stereocenters. The van der Waals surface area contributed by atoms with Crippen molar-refractivity contribution in [3.05, 3.63) is 10.2 Å². The molecule has 1 rings (SSSR count). The van der Waals surface area contributed by atoms with Gasteiger partial charge in [0.15, 0.2) is 6.29 Å². The fourth-order valence-corrected chi connectivity index (χ4v) is 1.04. The van der Waals surface area contributed by atoms with Crippen molar-refractivity contribution < 1.29 is 9.59 Å². The van der Waals surface area contributed by atoms with Crippen LogP contribution < -0.4 is 5.32 Å². The largest absolute Gasteiger partial charge is 0.322 e. The van der Waals surface area contributed by atoms with Gasteiger partial charge in [-0.15, -0.1) is 0 Å². The summed E-state index contributed by atoms with van der Waals surface area (Å²) in [7, 11) is 0. The van der Waals surface area contributed by atoms with Crippen molar-refractivity contribution in [2.75, 3.05) is 0 Å². The van der Waals surface area contributed by atoms with E-state index in [1.165, 1.54) is 0 Å². The molecule has 0 aliphatic carbocycles. The summed E-state index contributed by atoms with van der Waals surface area (Å²) < 4.78 is 0.641. The molecule has 0 fully saturated rings. The Morgan fingerprint density at radius 1 is 1.67 bits per heavy atom. The van der Waals surface area contributed by atoms with Crippen molar-refractivity contribution in [3.8, 4) is 0 Å². The number of nitrogens with one attached hydrogen (secondary N) is 1. The quantitative estimate of drug-likeness (QED) is 0.605. The molecule has 0 aromatic heterocycles. The fourth-order valence-electron chi connectivity index (χ4n) is 0.592. The van der Waals surface area contributed by atoms with Crippen molar-refractivity contribution >= 4 is 28.1 Å². The van der Waals surface area contributed by atoms with E-state index in [1.807, 2.05) is 0 Å². The van der Waals surface area contributed by atoms with Gasteiger partial charge in [0, 0.05) is 4.48 Å². The number of hydrogen-bond acceptors (Lipinski definition) is 2. The molecule has 0 bridgehead atoms. The Bertz CT molecular complexity index is 197. The van der Waals surface area contributed by atoms with Crippen LogP contribution in [0.2, 0.25) is 0 Å². The zero-order chi connectivity index (χ0) is 6.85. The molecule has 1 amide bonds. The van der Waals surface area contributed by atoms with E-state index in [-0.39, 0.29) is 12.3 Å². The van der Waals surface area contributed by atoms with Crippen molar-refractivity contribution in [1.29, 1.82) is 0 Å². The van der Waals surface area contributed by atoms with E-state index in [4.69, 9.17) is 0 Å². The van der Waals surface area contributed by atoms with Crippen LogP contribution in [0, 0.1) is 0 Å². The third-order valence-electron chi connectivity index (χ3n) is 1.000. The number of carbonyl (C=O) groups is 2. The van der Waals surface area contributed by atoms with Gasteiger partial charge < -0.3 is 5.32 Å². The first-order valence-electron chi connectivity index (χ1n) is 2.37. The SMILES string of the molecule is O=CC1=C(Br)CC(=O)N1. The van der Waals surface area contributed by atoms with E-state index in [9.17, 15) is 9.59 Å². The summed E-state index contributed by atoms with van der Waals surface area (Å²) in [5.74, 6) is -0.135. The summed E-state index contributed by atoms with van der Waals surface area (Å²) in [5, 5.41) is 2.38. The molecule has 0 saturated heterocycles. The molecule has 1 heterocycles. The van der Waals surface area contributed by atoms with E-state index in [2.05, 4.69) is 21.2 Å². The standard InChI is InChI=1S/C5H4BrNO2/c6-3-1-5(9)7-4(3)2-8/h2H,1H2,(H,7,9). The van der Waals surface area contributed by atoms with E-state index in [1.54, 1.807) is 0 Å². The van der Waals surface area contributed by atoms with Gasteiger partial charge in [0.05, 0.1) is 12.1 Å². The van der Waals surface area contributed by atoms with Crippen LogP contribution in [0.15, 0.2) is 10.2 Å². The molecular weight excluding hydrogens is 186 g/mol. The number of allylic oxidation sites excluding steroid dienone is 1. The van der Waals surface area contributed by atoms with Gasteiger partial charge >= 0.3 is 0 Å². The maximum absolute atomic E-state index is 10.5. The predicted molar refractivity (Wildman–Crippen MR) is 34.8 cm³/mol. The lowest BCUT2D eigenvalue weighted by Crippen LogP contribution is -2.15. The van der Waals surface area contributed by atoms with Gasteiger partial charge in [-0.05, 0) is 0 Å². The molecular formula is C5H4BrNO2. The lowest BCUT2D eigenvalue weighted by molar-refractivity contribution is -0.119. The highest BCUT2D eigenvalue weighted by Crippen LogP contribution is 2.18. The second kappa shape index (κ2) is 2.31. The number of hydrogen-bond donors (Lipinski definition) is 1. The smallest absolute Gasteiger partial charge is 0.229 e. The Morgan fingerprint density at radius 3 is 2.56 bits per heavy atom. The van der Waals surface area contributed by atoms with Gasteiger partial charge in [-0.25, -0.2) is 0 Å². The van der Waals surface area contributed by atoms with Gasteiger partial charge in [-0.2, -0.15) is 0 Å². The Morgan fingerprint density at radius 2 is 2.33 bits per heavy atom. The molecule has 0 radical (unpaired) electrons. The average molecular weight is 190 g/mol. The first-order valence-corrected chi connectivity index (χ1v) is 3.17. The predicted octanol–water partition coefficient (Wildman–Crippen LogP) is 0.312. The van der Waals surface area contributed by atoms with Gasteiger partial charge in [0.2, 0.25) is 5.91 Å². The third kappa shape index (κ3) is 1.18. The summed E-state index contributed by atoms with van der Waals surface area (Å²) >= 11 is 3.07. The number of aldehydes is 1. The van der Waals surface area contributed by atoms with Gasteiger partial charge in [0.1, 0.15) is 0 Å². The molecule has 48 valence electrons. The van der Waals surface area contributed by atoms with Crippen LogP contribution in [-0.2, 0) is 9.59 Å². The van der Waals surface area contributed by atoms with Crippen molar-refractivity contribution in [2.24, 2.45) is 0 Å². The third-order valence-corrected chi connectivity index (χ3v) is 1.71. The molecule has 0 aromatic carbocycles. The Labute approximate surface area is 60.2 Å². The number of rotatable bonds is 1. The van der Waals surface area contributed by atoms with E-state index in [0.717, 1.165) is 0 Å². The monoisotopic (exact) mass is 189 g/mol. The van der Waals surface area contributed by atoms with Crippen LogP contribution in [0.5, 0.6) is 0 Å². The molecule has 1 aliphatic heterocycles. The van der Waals surface area contributed by atoms with Crippen LogP contribution in [0.3, 0.4) is 0 Å². The van der Waals surface area contributed by atoms with Gasteiger partial charge in [-0.1, -0.05) is 15.9 Å². The summed E-state index contributed by atoms with van der Waals surface area (Å²) in [6.07, 6.45) is 0.906. The maximum atomic E-state index is 10.5. The van der Waals surface area contributed by atoms with E-state index < -0.39 is 0 Å². The van der Waals surface area contributed by atoms with Crippen molar-refractivity contribution in [3.63, 3.8) is 0 Å². The highest BCUT2D eigenvalue weighted by molar-refractivity contribution is 9.11. The Hall–Kier alpha value is -0.640. The topological polar surface area (TPSA) is 46.2 Å². The fraction of sp³-hybridized carbons (Fsp3) is 0.200. The second-order valence-corrected chi connectivity index (χ2v) is 2.62. The minimum absolute atomic E-state index is 0.135. The second-order valence-electron chi connectivity index (χ2n) is 1.66. The lowest BCUT2D eigenvalue weighted by atomic mass is 10.4. The summed E-state index contributed by atoms with van der Waals surface area (Å²) in [5.41, 5.74) is 0.347. The zero-order valence-electron chi connectivity index (χ0n) is 4.48. The lowest BCUT2D eigenvalue weighted by Gasteiger charge is -1.87. The van der Waals surface area contributed by atoms with Crippen molar-refractivity contribution in [2.45, 2.75) is 6.42 Å². The average Bonchev–Trinajstić information content (AvgIpc) is 2.10. The molecule has 3 nitrogen and oxygen atoms in total. The first-order chi connectivity index (χ1) is 4.24. The van der Waals surface area contributed by atoms with Crippen LogP contribution in [-0.4, -0.2) is 12.2 Å². The van der Waals surface area contributed by atoms with Crippen LogP contribution in [0.4, 0.5) is 0 Å². The molecule has 1 N–H and O–H groups in total.